The standard InChI is InChI=1S/C18H22N2/c1-3-15-16-9-8-14(20)10-17(16)11(2)18(15)12-4-6-13(19)7-5-12/h4-11,15,18H,3,19-20H2,1-2H3. The van der Waals surface area contributed by atoms with Gasteiger partial charge in [0.1, 0.15) is 0 Å². The molecule has 0 radical (unpaired) electrons. The van der Waals surface area contributed by atoms with E-state index < -0.39 is 0 Å². The molecule has 3 rings (SSSR count). The molecule has 3 atom stereocenters. The fourth-order valence-corrected chi connectivity index (χ4v) is 3.77. The zero-order valence-corrected chi connectivity index (χ0v) is 12.1. The summed E-state index contributed by atoms with van der Waals surface area (Å²) in [4.78, 5) is 0. The van der Waals surface area contributed by atoms with Crippen molar-refractivity contribution in [2.45, 2.75) is 38.0 Å². The number of hydrogen-bond acceptors (Lipinski definition) is 2. The fourth-order valence-electron chi connectivity index (χ4n) is 3.77. The second kappa shape index (κ2) is 4.86. The van der Waals surface area contributed by atoms with Crippen molar-refractivity contribution < 1.29 is 0 Å². The van der Waals surface area contributed by atoms with Gasteiger partial charge in [0.15, 0.2) is 0 Å². The van der Waals surface area contributed by atoms with Crippen molar-refractivity contribution >= 4 is 11.4 Å². The maximum Gasteiger partial charge on any atom is 0.0317 e. The highest BCUT2D eigenvalue weighted by molar-refractivity contribution is 5.53. The minimum Gasteiger partial charge on any atom is -0.399 e. The lowest BCUT2D eigenvalue weighted by atomic mass is 9.81. The summed E-state index contributed by atoms with van der Waals surface area (Å²) in [6.07, 6.45) is 1.15. The van der Waals surface area contributed by atoms with Crippen LogP contribution in [0.25, 0.3) is 0 Å². The molecule has 4 N–H and O–H groups in total. The summed E-state index contributed by atoms with van der Waals surface area (Å²) in [6.45, 7) is 4.59. The minimum absolute atomic E-state index is 0.502. The Morgan fingerprint density at radius 2 is 1.55 bits per heavy atom. The van der Waals surface area contributed by atoms with Crippen LogP contribution in [0.4, 0.5) is 11.4 Å². The SMILES string of the molecule is CCC1c2ccc(N)cc2C(C)C1c1ccc(N)cc1. The van der Waals surface area contributed by atoms with Crippen LogP contribution in [0.15, 0.2) is 42.5 Å². The van der Waals surface area contributed by atoms with Crippen molar-refractivity contribution in [2.75, 3.05) is 11.5 Å². The maximum atomic E-state index is 5.97. The zero-order chi connectivity index (χ0) is 14.3. The summed E-state index contributed by atoms with van der Waals surface area (Å²) in [5, 5.41) is 0. The molecule has 1 aliphatic rings. The van der Waals surface area contributed by atoms with E-state index in [4.69, 9.17) is 11.5 Å². The lowest BCUT2D eigenvalue weighted by Gasteiger charge is -2.23. The predicted molar refractivity (Wildman–Crippen MR) is 85.9 cm³/mol. The summed E-state index contributed by atoms with van der Waals surface area (Å²) in [6, 6.07) is 14.8. The number of benzene rings is 2. The van der Waals surface area contributed by atoms with Crippen LogP contribution in [-0.2, 0) is 0 Å². The van der Waals surface area contributed by atoms with Gasteiger partial charge in [0.05, 0.1) is 0 Å². The Labute approximate surface area is 120 Å². The topological polar surface area (TPSA) is 52.0 Å². The third-order valence-electron chi connectivity index (χ3n) is 4.73. The van der Waals surface area contributed by atoms with Crippen molar-refractivity contribution in [1.29, 1.82) is 0 Å². The van der Waals surface area contributed by atoms with Gasteiger partial charge >= 0.3 is 0 Å². The van der Waals surface area contributed by atoms with Crippen LogP contribution in [0.1, 0.15) is 54.7 Å². The van der Waals surface area contributed by atoms with E-state index in [1.165, 1.54) is 16.7 Å². The third-order valence-corrected chi connectivity index (χ3v) is 4.73. The van der Waals surface area contributed by atoms with Crippen LogP contribution in [0, 0.1) is 0 Å². The quantitative estimate of drug-likeness (QED) is 0.798. The zero-order valence-electron chi connectivity index (χ0n) is 12.1. The molecule has 1 aliphatic carbocycles. The molecule has 0 amide bonds. The average molecular weight is 266 g/mol. The number of nitrogens with two attached hydrogens (primary N) is 2. The van der Waals surface area contributed by atoms with Gasteiger partial charge in [-0.1, -0.05) is 32.0 Å². The predicted octanol–water partition coefficient (Wildman–Crippen LogP) is 4.25. The van der Waals surface area contributed by atoms with E-state index in [1.54, 1.807) is 0 Å². The van der Waals surface area contributed by atoms with E-state index in [0.29, 0.717) is 17.8 Å². The van der Waals surface area contributed by atoms with Gasteiger partial charge in [-0.05, 0) is 65.1 Å². The van der Waals surface area contributed by atoms with Crippen LogP contribution in [0.3, 0.4) is 0 Å². The molecule has 0 fully saturated rings. The van der Waals surface area contributed by atoms with Gasteiger partial charge in [0.2, 0.25) is 0 Å². The minimum atomic E-state index is 0.502. The molecular weight excluding hydrogens is 244 g/mol. The molecular formula is C18H22N2. The fraction of sp³-hybridized carbons (Fsp3) is 0.333. The molecule has 20 heavy (non-hydrogen) atoms. The van der Waals surface area contributed by atoms with Crippen molar-refractivity contribution in [3.05, 3.63) is 59.2 Å². The molecule has 0 bridgehead atoms. The van der Waals surface area contributed by atoms with Crippen molar-refractivity contribution in [3.8, 4) is 0 Å². The average Bonchev–Trinajstić information content (AvgIpc) is 2.72. The highest BCUT2D eigenvalue weighted by Crippen LogP contribution is 2.53. The van der Waals surface area contributed by atoms with Gasteiger partial charge < -0.3 is 11.5 Å². The molecule has 2 aromatic rings. The Balaban J connectivity index is 2.07. The van der Waals surface area contributed by atoms with Crippen LogP contribution in [0.2, 0.25) is 0 Å². The Morgan fingerprint density at radius 1 is 0.900 bits per heavy atom. The van der Waals surface area contributed by atoms with Gasteiger partial charge in [-0.15, -0.1) is 0 Å². The number of rotatable bonds is 2. The smallest absolute Gasteiger partial charge is 0.0317 e. The first-order valence-corrected chi connectivity index (χ1v) is 7.36. The number of hydrogen-bond donors (Lipinski definition) is 2. The first-order chi connectivity index (χ1) is 9.61. The van der Waals surface area contributed by atoms with Crippen LogP contribution >= 0.6 is 0 Å². The first kappa shape index (κ1) is 13.0. The summed E-state index contributed by atoms with van der Waals surface area (Å²) in [7, 11) is 0. The molecule has 2 aromatic carbocycles. The van der Waals surface area contributed by atoms with Crippen LogP contribution in [0.5, 0.6) is 0 Å². The highest BCUT2D eigenvalue weighted by Gasteiger charge is 2.37. The Bertz CT molecular complexity index is 616. The molecule has 0 heterocycles. The number of fused-ring (bicyclic) bond motifs is 1. The molecule has 2 heteroatoms. The van der Waals surface area contributed by atoms with Crippen molar-refractivity contribution in [1.82, 2.24) is 0 Å². The monoisotopic (exact) mass is 266 g/mol. The van der Waals surface area contributed by atoms with Crippen LogP contribution in [-0.4, -0.2) is 0 Å². The number of nitrogen functional groups attached to an aromatic ring is 2. The first-order valence-electron chi connectivity index (χ1n) is 7.36. The van der Waals surface area contributed by atoms with Gasteiger partial charge in [0, 0.05) is 11.4 Å². The summed E-state index contributed by atoms with van der Waals surface area (Å²) >= 11 is 0. The molecule has 104 valence electrons. The van der Waals surface area contributed by atoms with E-state index in [2.05, 4.69) is 38.1 Å². The normalized spacial score (nSPS) is 24.6. The van der Waals surface area contributed by atoms with E-state index in [9.17, 15) is 0 Å². The molecule has 0 saturated carbocycles. The van der Waals surface area contributed by atoms with Gasteiger partial charge in [0.25, 0.3) is 0 Å². The molecule has 0 aromatic heterocycles. The van der Waals surface area contributed by atoms with E-state index in [0.717, 1.165) is 17.8 Å². The van der Waals surface area contributed by atoms with Crippen molar-refractivity contribution in [2.24, 2.45) is 0 Å². The highest BCUT2D eigenvalue weighted by atomic mass is 14.6. The van der Waals surface area contributed by atoms with Gasteiger partial charge in [-0.2, -0.15) is 0 Å². The summed E-state index contributed by atoms with van der Waals surface area (Å²) < 4.78 is 0. The van der Waals surface area contributed by atoms with E-state index in [-0.39, 0.29) is 0 Å². The van der Waals surface area contributed by atoms with Crippen molar-refractivity contribution in [3.63, 3.8) is 0 Å². The van der Waals surface area contributed by atoms with Crippen LogP contribution < -0.4 is 11.5 Å². The molecule has 0 spiro atoms. The van der Waals surface area contributed by atoms with Gasteiger partial charge in [-0.3, -0.25) is 0 Å². The molecule has 3 unspecified atom stereocenters. The lowest BCUT2D eigenvalue weighted by Crippen LogP contribution is -2.08. The Kier molecular flexibility index (Phi) is 3.17. The van der Waals surface area contributed by atoms with E-state index >= 15 is 0 Å². The summed E-state index contributed by atoms with van der Waals surface area (Å²) in [5.41, 5.74) is 17.7. The number of anilines is 2. The van der Waals surface area contributed by atoms with Gasteiger partial charge in [-0.25, -0.2) is 0 Å². The maximum absolute atomic E-state index is 5.97. The Hall–Kier alpha value is -1.96. The largest absolute Gasteiger partial charge is 0.399 e. The van der Waals surface area contributed by atoms with E-state index in [1.807, 2.05) is 18.2 Å². The second-order valence-electron chi connectivity index (χ2n) is 5.88. The molecule has 2 nitrogen and oxygen atoms in total. The lowest BCUT2D eigenvalue weighted by molar-refractivity contribution is 0.511. The second-order valence-corrected chi connectivity index (χ2v) is 5.88. The molecule has 0 aliphatic heterocycles. The summed E-state index contributed by atoms with van der Waals surface area (Å²) in [5.74, 6) is 1.60. The third kappa shape index (κ3) is 1.96. The molecule has 0 saturated heterocycles. The Morgan fingerprint density at radius 3 is 2.20 bits per heavy atom.